The highest BCUT2D eigenvalue weighted by Crippen LogP contribution is 2.19. The summed E-state index contributed by atoms with van der Waals surface area (Å²) in [6, 6.07) is 14.0. The fourth-order valence-corrected chi connectivity index (χ4v) is 3.53. The van der Waals surface area contributed by atoms with Crippen LogP contribution < -0.4 is 5.32 Å². The van der Waals surface area contributed by atoms with Crippen LogP contribution in [0.4, 0.5) is 4.39 Å². The van der Waals surface area contributed by atoms with Crippen LogP contribution in [0.15, 0.2) is 59.5 Å². The lowest BCUT2D eigenvalue weighted by Gasteiger charge is -2.16. The monoisotopic (exact) mass is 293 g/mol. The number of benzene rings is 2. The third-order valence-electron chi connectivity index (χ3n) is 3.11. The van der Waals surface area contributed by atoms with Crippen LogP contribution in [0.3, 0.4) is 0 Å². The minimum atomic E-state index is -3.47. The van der Waals surface area contributed by atoms with Crippen LogP contribution in [-0.2, 0) is 9.84 Å². The van der Waals surface area contributed by atoms with Crippen LogP contribution in [0.25, 0.3) is 0 Å². The molecule has 2 rings (SSSR count). The van der Waals surface area contributed by atoms with Gasteiger partial charge >= 0.3 is 0 Å². The molecule has 0 aliphatic rings. The minimum absolute atomic E-state index is 0.0703. The van der Waals surface area contributed by atoms with E-state index in [-0.39, 0.29) is 16.7 Å². The zero-order chi connectivity index (χ0) is 14.6. The topological polar surface area (TPSA) is 46.2 Å². The molecular weight excluding hydrogens is 277 g/mol. The van der Waals surface area contributed by atoms with Gasteiger partial charge in [0.2, 0.25) is 0 Å². The third kappa shape index (κ3) is 3.43. The van der Waals surface area contributed by atoms with E-state index < -0.39 is 15.7 Å². The van der Waals surface area contributed by atoms with Crippen molar-refractivity contribution in [2.24, 2.45) is 0 Å². The molecule has 0 saturated heterocycles. The lowest BCUT2D eigenvalue weighted by atomic mass is 10.1. The Morgan fingerprint density at radius 3 is 2.20 bits per heavy atom. The van der Waals surface area contributed by atoms with Gasteiger partial charge in [-0.15, -0.1) is 0 Å². The molecule has 0 saturated carbocycles. The van der Waals surface area contributed by atoms with Gasteiger partial charge in [0.15, 0.2) is 9.84 Å². The quantitative estimate of drug-likeness (QED) is 0.862. The summed E-state index contributed by atoms with van der Waals surface area (Å²) in [7, 11) is -1.75. The Morgan fingerprint density at radius 1 is 1.05 bits per heavy atom. The van der Waals surface area contributed by atoms with Crippen LogP contribution in [0.2, 0.25) is 0 Å². The molecule has 0 amide bonds. The molecule has 5 heteroatoms. The van der Waals surface area contributed by atoms with Gasteiger partial charge in [0.1, 0.15) is 5.82 Å². The Balaban J connectivity index is 2.24. The summed E-state index contributed by atoms with van der Waals surface area (Å²) in [5.41, 5.74) is 0.903. The lowest BCUT2D eigenvalue weighted by molar-refractivity contribution is 0.573. The molecule has 0 spiro atoms. The second kappa shape index (κ2) is 6.15. The van der Waals surface area contributed by atoms with Crippen molar-refractivity contribution in [3.05, 3.63) is 66.0 Å². The zero-order valence-corrected chi connectivity index (χ0v) is 11.9. The van der Waals surface area contributed by atoms with Crippen molar-refractivity contribution in [3.63, 3.8) is 0 Å². The van der Waals surface area contributed by atoms with Crippen LogP contribution in [0.1, 0.15) is 11.6 Å². The first-order chi connectivity index (χ1) is 9.53. The Labute approximate surface area is 118 Å². The predicted molar refractivity (Wildman–Crippen MR) is 76.7 cm³/mol. The summed E-state index contributed by atoms with van der Waals surface area (Å²) in [5.74, 6) is -0.517. The van der Waals surface area contributed by atoms with Gasteiger partial charge in [0.25, 0.3) is 0 Å². The van der Waals surface area contributed by atoms with Crippen molar-refractivity contribution >= 4 is 9.84 Å². The molecule has 2 aromatic carbocycles. The van der Waals surface area contributed by atoms with E-state index in [1.165, 1.54) is 12.1 Å². The molecule has 1 N–H and O–H groups in total. The van der Waals surface area contributed by atoms with E-state index in [0.717, 1.165) is 17.7 Å². The second-order valence-electron chi connectivity index (χ2n) is 4.49. The summed E-state index contributed by atoms with van der Waals surface area (Å²) in [6.45, 7) is 0. The maximum Gasteiger partial charge on any atom is 0.180 e. The van der Waals surface area contributed by atoms with Gasteiger partial charge in [0.05, 0.1) is 10.6 Å². The molecular formula is C15H16FNO2S. The molecule has 0 fully saturated rings. The van der Waals surface area contributed by atoms with Crippen LogP contribution in [0, 0.1) is 5.82 Å². The number of rotatable bonds is 5. The van der Waals surface area contributed by atoms with Gasteiger partial charge in [-0.05, 0) is 36.9 Å². The summed E-state index contributed by atoms with van der Waals surface area (Å²) >= 11 is 0. The minimum Gasteiger partial charge on any atom is -0.312 e. The average molecular weight is 293 g/mol. The Kier molecular flexibility index (Phi) is 4.52. The molecule has 0 radical (unpaired) electrons. The highest BCUT2D eigenvalue weighted by molar-refractivity contribution is 7.91. The smallest absolute Gasteiger partial charge is 0.180 e. The molecule has 1 unspecified atom stereocenters. The number of hydrogen-bond acceptors (Lipinski definition) is 3. The molecule has 0 aliphatic carbocycles. The first-order valence-corrected chi connectivity index (χ1v) is 7.89. The Morgan fingerprint density at radius 2 is 1.65 bits per heavy atom. The lowest BCUT2D eigenvalue weighted by Crippen LogP contribution is -2.25. The van der Waals surface area contributed by atoms with Gasteiger partial charge < -0.3 is 5.32 Å². The highest BCUT2D eigenvalue weighted by Gasteiger charge is 2.21. The summed E-state index contributed by atoms with van der Waals surface area (Å²) < 4.78 is 37.5. The van der Waals surface area contributed by atoms with Gasteiger partial charge in [-0.3, -0.25) is 0 Å². The molecule has 0 aromatic heterocycles. The van der Waals surface area contributed by atoms with E-state index in [9.17, 15) is 12.8 Å². The van der Waals surface area contributed by atoms with Gasteiger partial charge in [-0.1, -0.05) is 30.3 Å². The fraction of sp³-hybridized carbons (Fsp3) is 0.200. The van der Waals surface area contributed by atoms with E-state index in [1.807, 2.05) is 30.3 Å². The molecule has 1 atom stereocenters. The summed E-state index contributed by atoms with van der Waals surface area (Å²) in [5, 5.41) is 3.00. The highest BCUT2D eigenvalue weighted by atomic mass is 32.2. The van der Waals surface area contributed by atoms with Crippen molar-refractivity contribution in [2.75, 3.05) is 12.8 Å². The molecule has 20 heavy (non-hydrogen) atoms. The van der Waals surface area contributed by atoms with E-state index in [4.69, 9.17) is 0 Å². The molecule has 0 heterocycles. The molecule has 106 valence electrons. The summed E-state index contributed by atoms with van der Waals surface area (Å²) in [4.78, 5) is 0.134. The maximum absolute atomic E-state index is 12.9. The van der Waals surface area contributed by atoms with Crippen LogP contribution in [-0.4, -0.2) is 21.2 Å². The Bertz CT molecular complexity index is 654. The third-order valence-corrected chi connectivity index (χ3v) is 4.87. The van der Waals surface area contributed by atoms with Gasteiger partial charge in [-0.25, -0.2) is 12.8 Å². The number of nitrogens with one attached hydrogen (secondary N) is 1. The Hall–Kier alpha value is -1.72. The van der Waals surface area contributed by atoms with E-state index in [1.54, 1.807) is 7.05 Å². The normalized spacial score (nSPS) is 13.1. The van der Waals surface area contributed by atoms with Crippen LogP contribution in [0.5, 0.6) is 0 Å². The van der Waals surface area contributed by atoms with Crippen molar-refractivity contribution in [3.8, 4) is 0 Å². The maximum atomic E-state index is 12.9. The molecule has 0 aliphatic heterocycles. The molecule has 2 aromatic rings. The zero-order valence-electron chi connectivity index (χ0n) is 11.1. The molecule has 3 nitrogen and oxygen atoms in total. The number of sulfone groups is 1. The SMILES string of the molecule is CNC(CS(=O)(=O)c1ccc(F)cc1)c1ccccc1. The predicted octanol–water partition coefficient (Wildman–Crippen LogP) is 2.56. The van der Waals surface area contributed by atoms with Crippen LogP contribution >= 0.6 is 0 Å². The van der Waals surface area contributed by atoms with Crippen molar-refractivity contribution in [2.45, 2.75) is 10.9 Å². The fourth-order valence-electron chi connectivity index (χ4n) is 1.99. The standard InChI is InChI=1S/C15H16FNO2S/c1-17-15(12-5-3-2-4-6-12)11-20(18,19)14-9-7-13(16)8-10-14/h2-10,15,17H,11H2,1H3. The molecule has 0 bridgehead atoms. The number of halogens is 1. The first kappa shape index (κ1) is 14.7. The van der Waals surface area contributed by atoms with Crippen molar-refractivity contribution in [1.82, 2.24) is 5.32 Å². The van der Waals surface area contributed by atoms with E-state index in [0.29, 0.717) is 0 Å². The van der Waals surface area contributed by atoms with Gasteiger partial charge in [-0.2, -0.15) is 0 Å². The average Bonchev–Trinajstić information content (AvgIpc) is 2.46. The first-order valence-electron chi connectivity index (χ1n) is 6.23. The van der Waals surface area contributed by atoms with E-state index >= 15 is 0 Å². The second-order valence-corrected chi connectivity index (χ2v) is 6.52. The van der Waals surface area contributed by atoms with E-state index in [2.05, 4.69) is 5.32 Å². The van der Waals surface area contributed by atoms with Gasteiger partial charge in [0, 0.05) is 6.04 Å². The van der Waals surface area contributed by atoms with Crippen molar-refractivity contribution in [1.29, 1.82) is 0 Å². The number of hydrogen-bond donors (Lipinski definition) is 1. The van der Waals surface area contributed by atoms with Crippen molar-refractivity contribution < 1.29 is 12.8 Å². The largest absolute Gasteiger partial charge is 0.312 e. The summed E-state index contributed by atoms with van der Waals surface area (Å²) in [6.07, 6.45) is 0.